The lowest BCUT2D eigenvalue weighted by atomic mass is 10.1. The number of carbonyl (C=O) groups excluding carboxylic acids is 2. The lowest BCUT2D eigenvalue weighted by Gasteiger charge is -2.20. The van der Waals surface area contributed by atoms with Crippen LogP contribution < -0.4 is 0 Å². The molecule has 55 heavy (non-hydrogen) atoms. The molecule has 0 aromatic heterocycles. The van der Waals surface area contributed by atoms with Crippen molar-refractivity contribution in [2.24, 2.45) is 0 Å². The van der Waals surface area contributed by atoms with Crippen molar-refractivity contribution in [2.75, 3.05) is 40.5 Å². The molecule has 0 bridgehead atoms. The van der Waals surface area contributed by atoms with E-state index >= 15 is 0 Å². The van der Waals surface area contributed by atoms with Crippen LogP contribution in [0.2, 0.25) is 0 Å². The van der Waals surface area contributed by atoms with Crippen molar-refractivity contribution < 1.29 is 37.6 Å². The average molecular weight is 790 g/mol. The number of phosphoric ester groups is 1. The lowest BCUT2D eigenvalue weighted by Crippen LogP contribution is -2.29. The van der Waals surface area contributed by atoms with Crippen molar-refractivity contribution >= 4 is 19.8 Å². The van der Waals surface area contributed by atoms with Gasteiger partial charge in [-0.1, -0.05) is 131 Å². The maximum atomic E-state index is 12.6. The number of unbranched alkanes of at least 4 members (excludes halogenated alkanes) is 9. The summed E-state index contributed by atoms with van der Waals surface area (Å²) in [5.41, 5.74) is 0. The molecule has 0 aliphatic rings. The largest absolute Gasteiger partial charge is 0.472 e. The Bertz CT molecular complexity index is 1190. The van der Waals surface area contributed by atoms with Gasteiger partial charge in [-0.3, -0.25) is 18.6 Å². The molecule has 0 spiro atoms. The third-order valence-electron chi connectivity index (χ3n) is 8.20. The molecule has 9 nitrogen and oxygen atoms in total. The Balaban J connectivity index is 4.40. The highest BCUT2D eigenvalue weighted by molar-refractivity contribution is 7.47. The second kappa shape index (κ2) is 39.4. The minimum absolute atomic E-state index is 0.00547. The molecule has 2 atom stereocenters. The molecular weight excluding hydrogens is 713 g/mol. The molecule has 0 aliphatic heterocycles. The molecule has 0 aromatic carbocycles. The molecule has 0 aromatic rings. The average Bonchev–Trinajstić information content (AvgIpc) is 3.15. The van der Waals surface area contributed by atoms with Crippen LogP contribution in [0.4, 0.5) is 0 Å². The fourth-order valence-corrected chi connectivity index (χ4v) is 5.79. The Hall–Kier alpha value is -2.81. The fourth-order valence-electron chi connectivity index (χ4n) is 5.04. The lowest BCUT2D eigenvalue weighted by molar-refractivity contribution is -0.161. The summed E-state index contributed by atoms with van der Waals surface area (Å²) in [4.78, 5) is 37.0. The number of hydrogen-bond donors (Lipinski definition) is 1. The summed E-state index contributed by atoms with van der Waals surface area (Å²) in [5.74, 6) is -0.860. The van der Waals surface area contributed by atoms with Gasteiger partial charge in [0.1, 0.15) is 6.61 Å². The molecule has 0 fully saturated rings. The zero-order valence-electron chi connectivity index (χ0n) is 34.8. The minimum Gasteiger partial charge on any atom is -0.462 e. The number of likely N-dealkylation sites (N-methyl/N-ethyl adjacent to an activating group) is 1. The molecule has 0 saturated carbocycles. The SMILES string of the molecule is CC/C=C\C/C=C\C/C=C\C/C=C\CCCCCCC(=O)OCC(COP(=O)(O)OCCN(C)C)OC(=O)CCCCCCC/C=C\C/C=C\C/C=C\CC. The topological polar surface area (TPSA) is 112 Å². The highest BCUT2D eigenvalue weighted by Crippen LogP contribution is 2.43. The third-order valence-corrected chi connectivity index (χ3v) is 9.18. The van der Waals surface area contributed by atoms with E-state index in [1.165, 1.54) is 0 Å². The molecule has 0 heterocycles. The Kier molecular flexibility index (Phi) is 37.4. The van der Waals surface area contributed by atoms with E-state index in [1.807, 2.05) is 14.1 Å². The van der Waals surface area contributed by atoms with Gasteiger partial charge in [-0.25, -0.2) is 4.57 Å². The van der Waals surface area contributed by atoms with Crippen molar-refractivity contribution in [3.05, 3.63) is 85.1 Å². The first-order valence-corrected chi connectivity index (χ1v) is 22.4. The van der Waals surface area contributed by atoms with Gasteiger partial charge in [-0.05, 0) is 97.6 Å². The van der Waals surface area contributed by atoms with Crippen LogP contribution in [0.15, 0.2) is 85.1 Å². The second-order valence-electron chi connectivity index (χ2n) is 13.7. The van der Waals surface area contributed by atoms with E-state index in [9.17, 15) is 19.0 Å². The van der Waals surface area contributed by atoms with Gasteiger partial charge in [-0.15, -0.1) is 0 Å². The molecule has 2 unspecified atom stereocenters. The van der Waals surface area contributed by atoms with Crippen LogP contribution in [0.5, 0.6) is 0 Å². The van der Waals surface area contributed by atoms with Crippen molar-refractivity contribution in [1.29, 1.82) is 0 Å². The summed E-state index contributed by atoms with van der Waals surface area (Å²) in [7, 11) is -0.746. The van der Waals surface area contributed by atoms with Gasteiger partial charge in [0.05, 0.1) is 13.2 Å². The van der Waals surface area contributed by atoms with Crippen molar-refractivity contribution in [3.8, 4) is 0 Å². The number of carbonyl (C=O) groups is 2. The van der Waals surface area contributed by atoms with E-state index in [-0.39, 0.29) is 26.1 Å². The Morgan fingerprint density at radius 1 is 0.564 bits per heavy atom. The first-order valence-electron chi connectivity index (χ1n) is 20.9. The van der Waals surface area contributed by atoms with E-state index in [1.54, 1.807) is 4.90 Å². The number of nitrogens with zero attached hydrogens (tertiary/aromatic N) is 1. The van der Waals surface area contributed by atoms with Gasteiger partial charge in [0, 0.05) is 19.4 Å². The van der Waals surface area contributed by atoms with Gasteiger partial charge in [0.2, 0.25) is 0 Å². The number of ether oxygens (including phenoxy) is 2. The first kappa shape index (κ1) is 52.2. The highest BCUT2D eigenvalue weighted by atomic mass is 31.2. The molecular formula is C45H76NO8P. The number of hydrogen-bond acceptors (Lipinski definition) is 8. The van der Waals surface area contributed by atoms with Crippen LogP contribution in [-0.2, 0) is 32.7 Å². The number of allylic oxidation sites excluding steroid dienone is 14. The van der Waals surface area contributed by atoms with E-state index in [2.05, 4.69) is 98.9 Å². The van der Waals surface area contributed by atoms with Gasteiger partial charge >= 0.3 is 19.8 Å². The van der Waals surface area contributed by atoms with E-state index < -0.39 is 32.5 Å². The summed E-state index contributed by atoms with van der Waals surface area (Å²) in [6, 6.07) is 0. The first-order chi connectivity index (χ1) is 26.7. The molecule has 314 valence electrons. The van der Waals surface area contributed by atoms with Crippen molar-refractivity contribution in [2.45, 2.75) is 148 Å². The fraction of sp³-hybridized carbons (Fsp3) is 0.644. The van der Waals surface area contributed by atoms with Gasteiger partial charge in [0.15, 0.2) is 6.10 Å². The molecule has 0 amide bonds. The standard InChI is InChI=1S/C45H76NO8P/c1-5-7-9-11-13-15-17-19-21-22-24-25-27-29-31-33-35-37-44(47)51-41-43(42-53-55(49,50)52-40-39-46(3)4)54-45(48)38-36-34-32-30-28-26-23-20-18-16-14-12-10-8-6-2/h7-10,13-16,19-21,23-25,43H,5-6,11-12,17-18,22,26-42H2,1-4H3,(H,49,50)/b9-7-,10-8-,15-13-,16-14-,21-19-,23-20-,25-24-. The summed E-state index contributed by atoms with van der Waals surface area (Å²) in [6.45, 7) is 4.02. The highest BCUT2D eigenvalue weighted by Gasteiger charge is 2.26. The predicted molar refractivity (Wildman–Crippen MR) is 229 cm³/mol. The minimum atomic E-state index is -4.38. The monoisotopic (exact) mass is 790 g/mol. The van der Waals surface area contributed by atoms with Gasteiger partial charge < -0.3 is 19.3 Å². The molecule has 0 saturated heterocycles. The van der Waals surface area contributed by atoms with Crippen molar-refractivity contribution in [3.63, 3.8) is 0 Å². The van der Waals surface area contributed by atoms with Crippen LogP contribution in [0.25, 0.3) is 0 Å². The van der Waals surface area contributed by atoms with Gasteiger partial charge in [-0.2, -0.15) is 0 Å². The Labute approximate surface area is 335 Å². The molecule has 0 radical (unpaired) electrons. The van der Waals surface area contributed by atoms with Crippen LogP contribution in [-0.4, -0.2) is 68.3 Å². The number of phosphoric acid groups is 1. The van der Waals surface area contributed by atoms with Crippen LogP contribution >= 0.6 is 7.82 Å². The Morgan fingerprint density at radius 2 is 0.982 bits per heavy atom. The van der Waals surface area contributed by atoms with E-state index in [0.717, 1.165) is 103 Å². The maximum Gasteiger partial charge on any atom is 0.472 e. The summed E-state index contributed by atoms with van der Waals surface area (Å²) in [6.07, 6.45) is 47.7. The van der Waals surface area contributed by atoms with E-state index in [4.69, 9.17) is 18.5 Å². The van der Waals surface area contributed by atoms with Crippen LogP contribution in [0.3, 0.4) is 0 Å². The Morgan fingerprint density at radius 3 is 1.45 bits per heavy atom. The number of rotatable bonds is 37. The zero-order chi connectivity index (χ0) is 40.5. The van der Waals surface area contributed by atoms with Gasteiger partial charge in [0.25, 0.3) is 0 Å². The quantitative estimate of drug-likeness (QED) is 0.0284. The third kappa shape index (κ3) is 40.7. The van der Waals surface area contributed by atoms with E-state index in [0.29, 0.717) is 19.4 Å². The predicted octanol–water partition coefficient (Wildman–Crippen LogP) is 11.9. The molecule has 0 rings (SSSR count). The smallest absolute Gasteiger partial charge is 0.462 e. The maximum absolute atomic E-state index is 12.6. The van der Waals surface area contributed by atoms with Crippen molar-refractivity contribution in [1.82, 2.24) is 4.90 Å². The molecule has 0 aliphatic carbocycles. The summed E-state index contributed by atoms with van der Waals surface area (Å²) >= 11 is 0. The number of esters is 2. The molecule has 1 N–H and O–H groups in total. The molecule has 10 heteroatoms. The normalized spacial score (nSPS) is 14.3. The second-order valence-corrected chi connectivity index (χ2v) is 15.2. The van der Waals surface area contributed by atoms with Crippen LogP contribution in [0, 0.1) is 0 Å². The van der Waals surface area contributed by atoms with Crippen LogP contribution in [0.1, 0.15) is 142 Å². The summed E-state index contributed by atoms with van der Waals surface area (Å²) in [5, 5.41) is 0. The zero-order valence-corrected chi connectivity index (χ0v) is 35.7. The summed E-state index contributed by atoms with van der Waals surface area (Å²) < 4.78 is 33.4.